The zero-order valence-electron chi connectivity index (χ0n) is 7.71. The van der Waals surface area contributed by atoms with Crippen LogP contribution in [-0.4, -0.2) is 16.9 Å². The lowest BCUT2D eigenvalue weighted by atomic mass is 9.90. The standard InChI is InChI=1S/C9H16N2OS/c10-8(13)9(11-7-12)5-3-1-2-4-6-9/h7H,1-6H2,(H2,10,13)(H,11,12). The van der Waals surface area contributed by atoms with Crippen LogP contribution in [0.3, 0.4) is 0 Å². The monoisotopic (exact) mass is 200 g/mol. The van der Waals surface area contributed by atoms with Crippen molar-refractivity contribution in [2.45, 2.75) is 44.1 Å². The number of thiocarbonyl (C=S) groups is 1. The minimum absolute atomic E-state index is 0.395. The lowest BCUT2D eigenvalue weighted by Gasteiger charge is -2.30. The van der Waals surface area contributed by atoms with Gasteiger partial charge in [-0.15, -0.1) is 0 Å². The third-order valence-electron chi connectivity index (χ3n) is 2.76. The quantitative estimate of drug-likeness (QED) is 0.407. The molecular weight excluding hydrogens is 184 g/mol. The molecule has 1 rings (SSSR count). The number of carbonyl (C=O) groups is 1. The highest BCUT2D eigenvalue weighted by molar-refractivity contribution is 7.80. The van der Waals surface area contributed by atoms with Crippen molar-refractivity contribution in [1.82, 2.24) is 5.32 Å². The molecule has 3 N–H and O–H groups in total. The van der Waals surface area contributed by atoms with Crippen molar-refractivity contribution in [3.8, 4) is 0 Å². The van der Waals surface area contributed by atoms with Gasteiger partial charge in [0.1, 0.15) is 0 Å². The Morgan fingerprint density at radius 2 is 1.85 bits per heavy atom. The Kier molecular flexibility index (Phi) is 3.66. The number of hydrogen-bond acceptors (Lipinski definition) is 2. The minimum atomic E-state index is -0.395. The first-order valence-electron chi connectivity index (χ1n) is 4.72. The van der Waals surface area contributed by atoms with E-state index in [1.54, 1.807) is 0 Å². The van der Waals surface area contributed by atoms with Crippen LogP contribution in [0, 0.1) is 0 Å². The lowest BCUT2D eigenvalue weighted by molar-refractivity contribution is -0.110. The van der Waals surface area contributed by atoms with Gasteiger partial charge in [0.15, 0.2) is 0 Å². The molecule has 0 aliphatic heterocycles. The SMILES string of the molecule is NC(=S)C1(NC=O)CCCCCC1. The molecule has 0 aromatic rings. The summed E-state index contributed by atoms with van der Waals surface area (Å²) in [6.07, 6.45) is 7.11. The van der Waals surface area contributed by atoms with Crippen molar-refractivity contribution in [2.75, 3.05) is 0 Å². The minimum Gasteiger partial charge on any atom is -0.391 e. The molecule has 0 bridgehead atoms. The molecule has 4 heteroatoms. The van der Waals surface area contributed by atoms with E-state index in [0.29, 0.717) is 11.4 Å². The van der Waals surface area contributed by atoms with Gasteiger partial charge >= 0.3 is 0 Å². The fourth-order valence-corrected chi connectivity index (χ4v) is 2.17. The smallest absolute Gasteiger partial charge is 0.207 e. The zero-order chi connectivity index (χ0) is 9.73. The van der Waals surface area contributed by atoms with E-state index in [2.05, 4.69) is 5.32 Å². The largest absolute Gasteiger partial charge is 0.391 e. The molecule has 1 saturated carbocycles. The van der Waals surface area contributed by atoms with Gasteiger partial charge in [0.25, 0.3) is 0 Å². The van der Waals surface area contributed by atoms with Gasteiger partial charge in [-0.1, -0.05) is 37.9 Å². The molecule has 1 aliphatic rings. The van der Waals surface area contributed by atoms with Crippen molar-refractivity contribution < 1.29 is 4.79 Å². The van der Waals surface area contributed by atoms with Crippen LogP contribution in [0.25, 0.3) is 0 Å². The van der Waals surface area contributed by atoms with Crippen molar-refractivity contribution in [1.29, 1.82) is 0 Å². The Balaban J connectivity index is 2.73. The molecule has 0 aromatic carbocycles. The van der Waals surface area contributed by atoms with E-state index in [4.69, 9.17) is 18.0 Å². The Bertz CT molecular complexity index is 198. The summed E-state index contributed by atoms with van der Waals surface area (Å²) in [5.41, 5.74) is 5.27. The number of carbonyl (C=O) groups excluding carboxylic acids is 1. The van der Waals surface area contributed by atoms with E-state index in [9.17, 15) is 4.79 Å². The summed E-state index contributed by atoms with van der Waals surface area (Å²) in [4.78, 5) is 10.9. The van der Waals surface area contributed by atoms with Crippen molar-refractivity contribution in [2.24, 2.45) is 5.73 Å². The number of nitrogens with two attached hydrogens (primary N) is 1. The molecule has 1 fully saturated rings. The van der Waals surface area contributed by atoms with Crippen molar-refractivity contribution in [3.63, 3.8) is 0 Å². The average Bonchev–Trinajstić information content (AvgIpc) is 2.31. The maximum atomic E-state index is 10.5. The highest BCUT2D eigenvalue weighted by Gasteiger charge is 2.33. The van der Waals surface area contributed by atoms with Crippen LogP contribution in [0.1, 0.15) is 38.5 Å². The summed E-state index contributed by atoms with van der Waals surface area (Å²) in [5.74, 6) is 0. The molecular formula is C9H16N2OS. The Morgan fingerprint density at radius 1 is 1.31 bits per heavy atom. The van der Waals surface area contributed by atoms with E-state index in [1.165, 1.54) is 12.8 Å². The maximum Gasteiger partial charge on any atom is 0.207 e. The van der Waals surface area contributed by atoms with Gasteiger partial charge in [-0.25, -0.2) is 0 Å². The molecule has 3 nitrogen and oxygen atoms in total. The van der Waals surface area contributed by atoms with Crippen LogP contribution < -0.4 is 11.1 Å². The summed E-state index contributed by atoms with van der Waals surface area (Å²) < 4.78 is 0. The van der Waals surface area contributed by atoms with Gasteiger partial charge in [0.05, 0.1) is 10.5 Å². The fraction of sp³-hybridized carbons (Fsp3) is 0.778. The zero-order valence-corrected chi connectivity index (χ0v) is 8.53. The predicted octanol–water partition coefficient (Wildman–Crippen LogP) is 1.11. The molecule has 74 valence electrons. The third-order valence-corrected chi connectivity index (χ3v) is 3.15. The molecule has 0 saturated heterocycles. The highest BCUT2D eigenvalue weighted by Crippen LogP contribution is 2.26. The second-order valence-electron chi connectivity index (χ2n) is 3.62. The van der Waals surface area contributed by atoms with E-state index in [0.717, 1.165) is 25.7 Å². The summed E-state index contributed by atoms with van der Waals surface area (Å²) in [5, 5.41) is 2.79. The van der Waals surface area contributed by atoms with Crippen LogP contribution >= 0.6 is 12.2 Å². The van der Waals surface area contributed by atoms with Crippen molar-refractivity contribution >= 4 is 23.6 Å². The van der Waals surface area contributed by atoms with E-state index in [1.807, 2.05) is 0 Å². The van der Waals surface area contributed by atoms with Crippen LogP contribution in [0.5, 0.6) is 0 Å². The molecule has 0 heterocycles. The molecule has 0 atom stereocenters. The first-order chi connectivity index (χ1) is 6.21. The van der Waals surface area contributed by atoms with Gasteiger partial charge in [-0.3, -0.25) is 4.79 Å². The first kappa shape index (κ1) is 10.4. The number of nitrogens with one attached hydrogen (secondary N) is 1. The number of hydrogen-bond donors (Lipinski definition) is 2. The lowest BCUT2D eigenvalue weighted by Crippen LogP contribution is -2.53. The van der Waals surface area contributed by atoms with Crippen LogP contribution in [0.2, 0.25) is 0 Å². The summed E-state index contributed by atoms with van der Waals surface area (Å²) in [7, 11) is 0. The van der Waals surface area contributed by atoms with Gasteiger partial charge in [0.2, 0.25) is 6.41 Å². The van der Waals surface area contributed by atoms with E-state index < -0.39 is 5.54 Å². The van der Waals surface area contributed by atoms with E-state index in [-0.39, 0.29) is 0 Å². The van der Waals surface area contributed by atoms with Crippen LogP contribution in [-0.2, 0) is 4.79 Å². The maximum absolute atomic E-state index is 10.5. The molecule has 1 amide bonds. The molecule has 13 heavy (non-hydrogen) atoms. The second-order valence-corrected chi connectivity index (χ2v) is 4.06. The van der Waals surface area contributed by atoms with Gasteiger partial charge in [-0.05, 0) is 12.8 Å². The third kappa shape index (κ3) is 2.40. The number of rotatable bonds is 3. The van der Waals surface area contributed by atoms with Gasteiger partial charge < -0.3 is 11.1 Å². The average molecular weight is 200 g/mol. The molecule has 0 unspecified atom stereocenters. The Labute approximate surface area is 84.1 Å². The summed E-state index contributed by atoms with van der Waals surface area (Å²) in [6.45, 7) is 0. The number of amides is 1. The van der Waals surface area contributed by atoms with Gasteiger partial charge in [0, 0.05) is 0 Å². The highest BCUT2D eigenvalue weighted by atomic mass is 32.1. The topological polar surface area (TPSA) is 55.1 Å². The molecule has 0 spiro atoms. The molecule has 1 aliphatic carbocycles. The Morgan fingerprint density at radius 3 is 2.23 bits per heavy atom. The van der Waals surface area contributed by atoms with E-state index >= 15 is 0 Å². The van der Waals surface area contributed by atoms with Crippen molar-refractivity contribution in [3.05, 3.63) is 0 Å². The van der Waals surface area contributed by atoms with Gasteiger partial charge in [-0.2, -0.15) is 0 Å². The van der Waals surface area contributed by atoms with Crippen LogP contribution in [0.15, 0.2) is 0 Å². The molecule has 0 aromatic heterocycles. The van der Waals surface area contributed by atoms with Crippen LogP contribution in [0.4, 0.5) is 0 Å². The Hall–Kier alpha value is -0.640. The normalized spacial score (nSPS) is 21.5. The predicted molar refractivity (Wildman–Crippen MR) is 56.4 cm³/mol. The molecule has 0 radical (unpaired) electrons. The fourth-order valence-electron chi connectivity index (χ4n) is 1.91. The summed E-state index contributed by atoms with van der Waals surface area (Å²) in [6, 6.07) is 0. The first-order valence-corrected chi connectivity index (χ1v) is 5.13. The summed E-state index contributed by atoms with van der Waals surface area (Å²) >= 11 is 5.01. The second kappa shape index (κ2) is 4.56.